The number of amides is 1. The number of benzene rings is 2. The van der Waals surface area contributed by atoms with Crippen LogP contribution in [-0.4, -0.2) is 36.0 Å². The normalized spacial score (nSPS) is 23.5. The molecule has 0 aromatic heterocycles. The van der Waals surface area contributed by atoms with Gasteiger partial charge in [0.15, 0.2) is 0 Å². The molecule has 0 bridgehead atoms. The molecule has 25 heavy (non-hydrogen) atoms. The molecular weight excluding hydrogens is 319 g/mol. The van der Waals surface area contributed by atoms with Crippen molar-refractivity contribution in [1.29, 1.82) is 0 Å². The highest BCUT2D eigenvalue weighted by molar-refractivity contribution is 5.97. The van der Waals surface area contributed by atoms with Crippen LogP contribution in [0.25, 0.3) is 0 Å². The highest BCUT2D eigenvalue weighted by Gasteiger charge is 2.40. The van der Waals surface area contributed by atoms with Gasteiger partial charge < -0.3 is 10.1 Å². The Labute approximate surface area is 146 Å². The molecule has 4 rings (SSSR count). The van der Waals surface area contributed by atoms with Gasteiger partial charge in [-0.3, -0.25) is 9.69 Å². The summed E-state index contributed by atoms with van der Waals surface area (Å²) in [5.41, 5.74) is 1.26. The highest BCUT2D eigenvalue weighted by atomic mass is 19.1. The van der Waals surface area contributed by atoms with E-state index >= 15 is 0 Å². The van der Waals surface area contributed by atoms with Gasteiger partial charge in [0.05, 0.1) is 12.1 Å². The number of fused-ring (bicyclic) bond motifs is 1. The van der Waals surface area contributed by atoms with Crippen molar-refractivity contribution in [3.05, 3.63) is 65.5 Å². The molecule has 0 unspecified atom stereocenters. The molecule has 0 aliphatic carbocycles. The largest absolute Gasteiger partial charge is 0.483 e. The number of nitrogens with one attached hydrogen (secondary N) is 1. The summed E-state index contributed by atoms with van der Waals surface area (Å²) in [4.78, 5) is 14.6. The second kappa shape index (κ2) is 6.48. The van der Waals surface area contributed by atoms with E-state index in [2.05, 4.69) is 10.2 Å². The first-order valence-electron chi connectivity index (χ1n) is 8.67. The molecule has 2 aromatic rings. The number of carbonyl (C=O) groups is 1. The standard InChI is InChI=1S/C20H21FN2O2/c21-16-8-6-15(7-9-16)12-23-11-3-10-20(14-23)13-22-19(24)17-4-1-2-5-18(17)25-20/h1-2,4-9H,3,10-14H2,(H,22,24)/t20-/m0/s1. The number of rotatable bonds is 2. The van der Waals surface area contributed by atoms with Gasteiger partial charge in [0, 0.05) is 13.1 Å². The summed E-state index contributed by atoms with van der Waals surface area (Å²) in [6, 6.07) is 14.0. The summed E-state index contributed by atoms with van der Waals surface area (Å²) < 4.78 is 19.5. The maximum absolute atomic E-state index is 13.1. The number of carbonyl (C=O) groups excluding carboxylic acids is 1. The van der Waals surface area contributed by atoms with E-state index < -0.39 is 5.60 Å². The summed E-state index contributed by atoms with van der Waals surface area (Å²) >= 11 is 0. The summed E-state index contributed by atoms with van der Waals surface area (Å²) in [5.74, 6) is 0.356. The Morgan fingerprint density at radius 1 is 1.16 bits per heavy atom. The molecule has 1 fully saturated rings. The summed E-state index contributed by atoms with van der Waals surface area (Å²) in [7, 11) is 0. The van der Waals surface area contributed by atoms with E-state index in [1.54, 1.807) is 6.07 Å². The van der Waals surface area contributed by atoms with Crippen molar-refractivity contribution in [2.75, 3.05) is 19.6 Å². The topological polar surface area (TPSA) is 41.6 Å². The Morgan fingerprint density at radius 2 is 1.96 bits per heavy atom. The number of hydrogen-bond acceptors (Lipinski definition) is 3. The van der Waals surface area contributed by atoms with Crippen molar-refractivity contribution in [3.8, 4) is 5.75 Å². The van der Waals surface area contributed by atoms with E-state index in [-0.39, 0.29) is 11.7 Å². The van der Waals surface area contributed by atoms with Crippen molar-refractivity contribution < 1.29 is 13.9 Å². The van der Waals surface area contributed by atoms with Gasteiger partial charge >= 0.3 is 0 Å². The Morgan fingerprint density at radius 3 is 2.80 bits per heavy atom. The average molecular weight is 340 g/mol. The first-order valence-corrected chi connectivity index (χ1v) is 8.67. The Kier molecular flexibility index (Phi) is 4.17. The molecule has 0 saturated carbocycles. The molecule has 2 aromatic carbocycles. The van der Waals surface area contributed by atoms with Gasteiger partial charge in [-0.1, -0.05) is 24.3 Å². The number of halogens is 1. The lowest BCUT2D eigenvalue weighted by Crippen LogP contribution is -2.56. The first kappa shape index (κ1) is 16.1. The van der Waals surface area contributed by atoms with Crippen LogP contribution in [0.15, 0.2) is 48.5 Å². The van der Waals surface area contributed by atoms with E-state index in [4.69, 9.17) is 4.74 Å². The monoisotopic (exact) mass is 340 g/mol. The van der Waals surface area contributed by atoms with E-state index in [9.17, 15) is 9.18 Å². The fraction of sp³-hybridized carbons (Fsp3) is 0.350. The lowest BCUT2D eigenvalue weighted by atomic mass is 9.92. The minimum atomic E-state index is -0.416. The Balaban J connectivity index is 1.53. The van der Waals surface area contributed by atoms with E-state index in [1.165, 1.54) is 12.1 Å². The van der Waals surface area contributed by atoms with Gasteiger partial charge in [-0.25, -0.2) is 4.39 Å². The van der Waals surface area contributed by atoms with Gasteiger partial charge in [-0.05, 0) is 49.2 Å². The number of nitrogens with zero attached hydrogens (tertiary/aromatic N) is 1. The molecule has 1 N–H and O–H groups in total. The van der Waals surface area contributed by atoms with Crippen LogP contribution in [0.1, 0.15) is 28.8 Å². The Bertz CT molecular complexity index is 778. The summed E-state index contributed by atoms with van der Waals surface area (Å²) in [6.45, 7) is 2.96. The van der Waals surface area contributed by atoms with Gasteiger partial charge in [-0.15, -0.1) is 0 Å². The number of ether oxygens (including phenoxy) is 1. The van der Waals surface area contributed by atoms with Crippen LogP contribution in [0.4, 0.5) is 4.39 Å². The van der Waals surface area contributed by atoms with Crippen LogP contribution < -0.4 is 10.1 Å². The molecule has 2 aliphatic heterocycles. The van der Waals surface area contributed by atoms with Crippen molar-refractivity contribution in [3.63, 3.8) is 0 Å². The van der Waals surface area contributed by atoms with Crippen LogP contribution in [0.2, 0.25) is 0 Å². The zero-order valence-corrected chi connectivity index (χ0v) is 14.0. The minimum absolute atomic E-state index is 0.0804. The Hall–Kier alpha value is -2.40. The second-order valence-electron chi connectivity index (χ2n) is 6.90. The van der Waals surface area contributed by atoms with Crippen molar-refractivity contribution in [1.82, 2.24) is 10.2 Å². The van der Waals surface area contributed by atoms with Crippen molar-refractivity contribution in [2.24, 2.45) is 0 Å². The predicted octanol–water partition coefficient (Wildman–Crippen LogP) is 2.98. The molecule has 2 heterocycles. The van der Waals surface area contributed by atoms with E-state index in [0.717, 1.165) is 38.0 Å². The number of hydrogen-bond donors (Lipinski definition) is 1. The van der Waals surface area contributed by atoms with Crippen LogP contribution in [0.5, 0.6) is 5.75 Å². The first-order chi connectivity index (χ1) is 12.1. The highest BCUT2D eigenvalue weighted by Crippen LogP contribution is 2.32. The summed E-state index contributed by atoms with van der Waals surface area (Å²) in [6.07, 6.45) is 1.90. The van der Waals surface area contributed by atoms with Crippen LogP contribution in [-0.2, 0) is 6.54 Å². The third-order valence-corrected chi connectivity index (χ3v) is 4.97. The van der Waals surface area contributed by atoms with Crippen LogP contribution in [0, 0.1) is 5.82 Å². The fourth-order valence-electron chi connectivity index (χ4n) is 3.75. The third-order valence-electron chi connectivity index (χ3n) is 4.97. The molecular formula is C20H21FN2O2. The SMILES string of the molecule is O=C1NC[C@]2(CCCN(Cc3ccc(F)cc3)C2)Oc2ccccc21. The van der Waals surface area contributed by atoms with Crippen molar-refractivity contribution in [2.45, 2.75) is 25.0 Å². The predicted molar refractivity (Wildman–Crippen MR) is 93.0 cm³/mol. The molecule has 1 spiro atoms. The molecule has 1 saturated heterocycles. The lowest BCUT2D eigenvalue weighted by Gasteiger charge is -2.42. The fourth-order valence-corrected chi connectivity index (χ4v) is 3.75. The van der Waals surface area contributed by atoms with Crippen LogP contribution in [0.3, 0.4) is 0 Å². The average Bonchev–Trinajstić information content (AvgIpc) is 2.75. The molecule has 4 nitrogen and oxygen atoms in total. The maximum Gasteiger partial charge on any atom is 0.255 e. The molecule has 1 atom stereocenters. The smallest absolute Gasteiger partial charge is 0.255 e. The molecule has 130 valence electrons. The number of para-hydroxylation sites is 1. The van der Waals surface area contributed by atoms with Crippen molar-refractivity contribution >= 4 is 5.91 Å². The van der Waals surface area contributed by atoms with Gasteiger partial charge in [0.2, 0.25) is 0 Å². The van der Waals surface area contributed by atoms with Gasteiger partial charge in [0.25, 0.3) is 5.91 Å². The van der Waals surface area contributed by atoms with Crippen LogP contribution >= 0.6 is 0 Å². The zero-order valence-electron chi connectivity index (χ0n) is 14.0. The summed E-state index contributed by atoms with van der Waals surface area (Å²) in [5, 5.41) is 3.01. The van der Waals surface area contributed by atoms with Gasteiger partial charge in [-0.2, -0.15) is 0 Å². The molecule has 1 amide bonds. The molecule has 2 aliphatic rings. The molecule has 5 heteroatoms. The minimum Gasteiger partial charge on any atom is -0.483 e. The second-order valence-corrected chi connectivity index (χ2v) is 6.90. The lowest BCUT2D eigenvalue weighted by molar-refractivity contribution is -0.00705. The third kappa shape index (κ3) is 3.37. The quantitative estimate of drug-likeness (QED) is 0.914. The van der Waals surface area contributed by atoms with E-state index in [0.29, 0.717) is 17.9 Å². The van der Waals surface area contributed by atoms with E-state index in [1.807, 2.05) is 30.3 Å². The zero-order chi connectivity index (χ0) is 17.3. The number of piperidine rings is 1. The maximum atomic E-state index is 13.1. The number of likely N-dealkylation sites (tertiary alicyclic amines) is 1. The van der Waals surface area contributed by atoms with Gasteiger partial charge in [0.1, 0.15) is 17.2 Å². The molecule has 0 radical (unpaired) electrons.